The second-order valence-electron chi connectivity index (χ2n) is 4.73. The SMILES string of the molecule is Cn1c(SCC(=O)NCc2cccs2)nc2cc(Cl)ccc21. The molecule has 0 spiro atoms. The van der Waals surface area contributed by atoms with Gasteiger partial charge in [0.1, 0.15) is 0 Å². The number of imidazole rings is 1. The molecule has 3 aromatic rings. The van der Waals surface area contributed by atoms with Gasteiger partial charge in [0.25, 0.3) is 0 Å². The molecular weight excluding hydrogens is 338 g/mol. The van der Waals surface area contributed by atoms with Crippen LogP contribution in [0.1, 0.15) is 4.88 Å². The van der Waals surface area contributed by atoms with Crippen molar-refractivity contribution in [1.29, 1.82) is 0 Å². The fourth-order valence-corrected chi connectivity index (χ4v) is 3.69. The van der Waals surface area contributed by atoms with Gasteiger partial charge < -0.3 is 9.88 Å². The summed E-state index contributed by atoms with van der Waals surface area (Å²) in [6.07, 6.45) is 0. The smallest absolute Gasteiger partial charge is 0.230 e. The van der Waals surface area contributed by atoms with Gasteiger partial charge in [0.15, 0.2) is 5.16 Å². The Balaban J connectivity index is 1.61. The van der Waals surface area contributed by atoms with E-state index >= 15 is 0 Å². The first-order valence-corrected chi connectivity index (χ1v) is 8.91. The summed E-state index contributed by atoms with van der Waals surface area (Å²) in [5.74, 6) is 0.347. The highest BCUT2D eigenvalue weighted by Crippen LogP contribution is 2.24. The molecule has 1 aromatic carbocycles. The highest BCUT2D eigenvalue weighted by molar-refractivity contribution is 7.99. The van der Waals surface area contributed by atoms with E-state index in [4.69, 9.17) is 11.6 Å². The van der Waals surface area contributed by atoms with Crippen LogP contribution >= 0.6 is 34.7 Å². The van der Waals surface area contributed by atoms with E-state index in [-0.39, 0.29) is 5.91 Å². The van der Waals surface area contributed by atoms with Crippen LogP contribution in [0.15, 0.2) is 40.9 Å². The molecule has 0 aliphatic carbocycles. The van der Waals surface area contributed by atoms with Gasteiger partial charge in [-0.15, -0.1) is 11.3 Å². The van der Waals surface area contributed by atoms with E-state index in [9.17, 15) is 4.79 Å². The molecule has 0 bridgehead atoms. The molecule has 1 N–H and O–H groups in total. The van der Waals surface area contributed by atoms with Crippen molar-refractivity contribution in [2.75, 3.05) is 5.75 Å². The number of thioether (sulfide) groups is 1. The van der Waals surface area contributed by atoms with Crippen LogP contribution in [0.3, 0.4) is 0 Å². The summed E-state index contributed by atoms with van der Waals surface area (Å²) in [7, 11) is 1.94. The van der Waals surface area contributed by atoms with E-state index in [2.05, 4.69) is 10.3 Å². The zero-order valence-corrected chi connectivity index (χ0v) is 14.3. The van der Waals surface area contributed by atoms with E-state index in [0.29, 0.717) is 17.3 Å². The molecule has 22 heavy (non-hydrogen) atoms. The highest BCUT2D eigenvalue weighted by Gasteiger charge is 2.11. The Kier molecular flexibility index (Phi) is 4.71. The van der Waals surface area contributed by atoms with Gasteiger partial charge in [-0.05, 0) is 29.6 Å². The number of nitrogens with one attached hydrogen (secondary N) is 1. The first kappa shape index (κ1) is 15.4. The van der Waals surface area contributed by atoms with Crippen molar-refractivity contribution < 1.29 is 4.79 Å². The third-order valence-corrected chi connectivity index (χ3v) is 5.32. The monoisotopic (exact) mass is 351 g/mol. The Bertz CT molecular complexity index is 799. The van der Waals surface area contributed by atoms with Crippen LogP contribution in [-0.2, 0) is 18.4 Å². The average molecular weight is 352 g/mol. The molecular formula is C15H14ClN3OS2. The van der Waals surface area contributed by atoms with Crippen LogP contribution in [-0.4, -0.2) is 21.2 Å². The van der Waals surface area contributed by atoms with Crippen LogP contribution < -0.4 is 5.32 Å². The lowest BCUT2D eigenvalue weighted by atomic mass is 10.3. The second-order valence-corrected chi connectivity index (χ2v) is 7.14. The number of amides is 1. The number of aromatic nitrogens is 2. The third-order valence-electron chi connectivity index (χ3n) is 3.17. The Morgan fingerprint density at radius 2 is 2.32 bits per heavy atom. The minimum atomic E-state index is 0.00323. The maximum atomic E-state index is 11.9. The standard InChI is InChI=1S/C15H14ClN3OS2/c1-19-13-5-4-10(16)7-12(13)18-15(19)22-9-14(20)17-8-11-3-2-6-21-11/h2-7H,8-9H2,1H3,(H,17,20). The fourth-order valence-electron chi connectivity index (χ4n) is 2.06. The number of hydrogen-bond donors (Lipinski definition) is 1. The Morgan fingerprint density at radius 3 is 3.09 bits per heavy atom. The molecule has 0 atom stereocenters. The summed E-state index contributed by atoms with van der Waals surface area (Å²) in [6.45, 7) is 0.579. The van der Waals surface area contributed by atoms with E-state index in [1.807, 2.05) is 47.3 Å². The van der Waals surface area contributed by atoms with Gasteiger partial charge >= 0.3 is 0 Å². The lowest BCUT2D eigenvalue weighted by molar-refractivity contribution is -0.118. The molecule has 2 aromatic heterocycles. The minimum absolute atomic E-state index is 0.00323. The fraction of sp³-hybridized carbons (Fsp3) is 0.200. The number of carbonyl (C=O) groups is 1. The van der Waals surface area contributed by atoms with E-state index in [1.165, 1.54) is 11.8 Å². The Labute approximate surface area is 141 Å². The Hall–Kier alpha value is -1.50. The summed E-state index contributed by atoms with van der Waals surface area (Å²) in [4.78, 5) is 17.6. The molecule has 4 nitrogen and oxygen atoms in total. The summed E-state index contributed by atoms with van der Waals surface area (Å²) < 4.78 is 1.98. The third kappa shape index (κ3) is 3.45. The number of aryl methyl sites for hydroxylation is 1. The normalized spacial score (nSPS) is 11.0. The van der Waals surface area contributed by atoms with Crippen molar-refractivity contribution >= 4 is 51.6 Å². The quantitative estimate of drug-likeness (QED) is 0.713. The van der Waals surface area contributed by atoms with Gasteiger partial charge in [0, 0.05) is 16.9 Å². The van der Waals surface area contributed by atoms with Gasteiger partial charge in [-0.2, -0.15) is 0 Å². The molecule has 7 heteroatoms. The number of hydrogen-bond acceptors (Lipinski definition) is 4. The van der Waals surface area contributed by atoms with Crippen molar-refractivity contribution in [3.8, 4) is 0 Å². The molecule has 0 unspecified atom stereocenters. The number of benzene rings is 1. The molecule has 3 rings (SSSR count). The minimum Gasteiger partial charge on any atom is -0.350 e. The lowest BCUT2D eigenvalue weighted by Gasteiger charge is -2.04. The number of fused-ring (bicyclic) bond motifs is 1. The number of rotatable bonds is 5. The van der Waals surface area contributed by atoms with Crippen molar-refractivity contribution in [1.82, 2.24) is 14.9 Å². The molecule has 0 saturated carbocycles. The maximum absolute atomic E-state index is 11.9. The predicted molar refractivity (Wildman–Crippen MR) is 92.6 cm³/mol. The zero-order chi connectivity index (χ0) is 15.5. The summed E-state index contributed by atoms with van der Waals surface area (Å²) in [5.41, 5.74) is 1.85. The van der Waals surface area contributed by atoms with Gasteiger partial charge in [0.2, 0.25) is 5.91 Å². The number of carbonyl (C=O) groups excluding carboxylic acids is 1. The van der Waals surface area contributed by atoms with E-state index in [1.54, 1.807) is 11.3 Å². The molecule has 2 heterocycles. The Morgan fingerprint density at radius 1 is 1.45 bits per heavy atom. The van der Waals surface area contributed by atoms with Crippen LogP contribution in [0.5, 0.6) is 0 Å². The van der Waals surface area contributed by atoms with Crippen LogP contribution in [0.25, 0.3) is 11.0 Å². The summed E-state index contributed by atoms with van der Waals surface area (Å²) >= 11 is 9.04. The van der Waals surface area contributed by atoms with Crippen molar-refractivity contribution in [2.45, 2.75) is 11.7 Å². The molecule has 114 valence electrons. The first-order chi connectivity index (χ1) is 10.6. The van der Waals surface area contributed by atoms with Gasteiger partial charge in [-0.25, -0.2) is 4.98 Å². The first-order valence-electron chi connectivity index (χ1n) is 6.67. The molecule has 0 aliphatic rings. The molecule has 0 fully saturated rings. The zero-order valence-electron chi connectivity index (χ0n) is 11.9. The molecule has 1 amide bonds. The van der Waals surface area contributed by atoms with Gasteiger partial charge in [0.05, 0.1) is 23.3 Å². The van der Waals surface area contributed by atoms with Crippen LogP contribution in [0.2, 0.25) is 5.02 Å². The summed E-state index contributed by atoms with van der Waals surface area (Å²) in [6, 6.07) is 9.59. The van der Waals surface area contributed by atoms with Gasteiger partial charge in [-0.3, -0.25) is 4.79 Å². The summed E-state index contributed by atoms with van der Waals surface area (Å²) in [5, 5.41) is 6.38. The largest absolute Gasteiger partial charge is 0.350 e. The van der Waals surface area contributed by atoms with Crippen molar-refractivity contribution in [3.63, 3.8) is 0 Å². The van der Waals surface area contributed by atoms with Crippen LogP contribution in [0.4, 0.5) is 0 Å². The highest BCUT2D eigenvalue weighted by atomic mass is 35.5. The van der Waals surface area contributed by atoms with E-state index < -0.39 is 0 Å². The molecule has 0 radical (unpaired) electrons. The van der Waals surface area contributed by atoms with Crippen LogP contribution in [0, 0.1) is 0 Å². The second kappa shape index (κ2) is 6.73. The van der Waals surface area contributed by atoms with E-state index in [0.717, 1.165) is 21.1 Å². The van der Waals surface area contributed by atoms with Crippen molar-refractivity contribution in [3.05, 3.63) is 45.6 Å². The number of nitrogens with zero attached hydrogens (tertiary/aromatic N) is 2. The number of halogens is 1. The molecule has 0 saturated heterocycles. The topological polar surface area (TPSA) is 46.9 Å². The molecule has 0 aliphatic heterocycles. The maximum Gasteiger partial charge on any atom is 0.230 e. The van der Waals surface area contributed by atoms with Gasteiger partial charge in [-0.1, -0.05) is 29.4 Å². The predicted octanol–water partition coefficient (Wildman–Crippen LogP) is 3.70. The lowest BCUT2D eigenvalue weighted by Crippen LogP contribution is -2.24. The number of thiophene rings is 1. The van der Waals surface area contributed by atoms with Crippen molar-refractivity contribution in [2.24, 2.45) is 7.05 Å². The average Bonchev–Trinajstić information content (AvgIpc) is 3.11.